The van der Waals surface area contributed by atoms with E-state index in [1.165, 1.54) is 0 Å². The van der Waals surface area contributed by atoms with Crippen molar-refractivity contribution < 1.29 is 23.6 Å². The predicted octanol–water partition coefficient (Wildman–Crippen LogP) is 4.75. The third kappa shape index (κ3) is 5.66. The van der Waals surface area contributed by atoms with Crippen molar-refractivity contribution >= 4 is 25.6 Å². The number of aryl methyl sites for hydroxylation is 1. The van der Waals surface area contributed by atoms with Crippen LogP contribution in [0.5, 0.6) is 0 Å². The van der Waals surface area contributed by atoms with Crippen LogP contribution in [-0.4, -0.2) is 37.2 Å². The molecule has 2 aromatic carbocycles. The Balaban J connectivity index is 1.76. The van der Waals surface area contributed by atoms with Gasteiger partial charge in [0, 0.05) is 12.1 Å². The smallest absolute Gasteiger partial charge is 0.445 e. The standard InChI is InChI=1S/C25H30BNO5/c1-18-13-20(16-28)11-12-21(18)14-22(26-31-24(2,3)25(4,5)32-26)15-27-23(29)30-17-19-9-7-6-8-10-19/h6-14,16H,15,17H2,1-5H3,(H,27,29). The molecule has 168 valence electrons. The minimum atomic E-state index is -0.625. The summed E-state index contributed by atoms with van der Waals surface area (Å²) in [5, 5.41) is 2.80. The van der Waals surface area contributed by atoms with Gasteiger partial charge in [0.1, 0.15) is 12.9 Å². The second-order valence-corrected chi connectivity index (χ2v) is 8.96. The molecule has 1 fully saturated rings. The molecule has 0 aliphatic carbocycles. The summed E-state index contributed by atoms with van der Waals surface area (Å²) < 4.78 is 17.7. The molecule has 7 heteroatoms. The van der Waals surface area contributed by atoms with Gasteiger partial charge in [0.05, 0.1) is 11.2 Å². The highest BCUT2D eigenvalue weighted by Gasteiger charge is 2.52. The second-order valence-electron chi connectivity index (χ2n) is 8.96. The van der Waals surface area contributed by atoms with Crippen LogP contribution in [0.1, 0.15) is 54.7 Å². The van der Waals surface area contributed by atoms with Gasteiger partial charge in [-0.1, -0.05) is 48.5 Å². The summed E-state index contributed by atoms with van der Waals surface area (Å²) in [4.78, 5) is 23.4. The molecule has 1 saturated heterocycles. The predicted molar refractivity (Wildman–Crippen MR) is 125 cm³/mol. The van der Waals surface area contributed by atoms with E-state index in [1.54, 1.807) is 6.07 Å². The fraction of sp³-hybridized carbons (Fsp3) is 0.360. The van der Waals surface area contributed by atoms with E-state index in [0.717, 1.165) is 28.4 Å². The van der Waals surface area contributed by atoms with Gasteiger partial charge in [0.25, 0.3) is 0 Å². The van der Waals surface area contributed by atoms with Crippen LogP contribution in [0.15, 0.2) is 54.0 Å². The fourth-order valence-electron chi connectivity index (χ4n) is 3.28. The van der Waals surface area contributed by atoms with Crippen LogP contribution >= 0.6 is 0 Å². The molecule has 0 spiro atoms. The summed E-state index contributed by atoms with van der Waals surface area (Å²) in [6, 6.07) is 15.0. The summed E-state index contributed by atoms with van der Waals surface area (Å²) in [5.74, 6) is 0. The minimum Gasteiger partial charge on any atom is -0.445 e. The molecule has 3 rings (SSSR count). The van der Waals surface area contributed by atoms with Gasteiger partial charge in [-0.3, -0.25) is 4.79 Å². The Bertz CT molecular complexity index is 985. The number of rotatable bonds is 7. The fourth-order valence-corrected chi connectivity index (χ4v) is 3.28. The lowest BCUT2D eigenvalue weighted by Crippen LogP contribution is -2.41. The van der Waals surface area contributed by atoms with Gasteiger partial charge in [-0.05, 0) is 62.8 Å². The minimum absolute atomic E-state index is 0.189. The number of benzene rings is 2. The molecule has 1 heterocycles. The van der Waals surface area contributed by atoms with Crippen molar-refractivity contribution in [2.45, 2.75) is 52.4 Å². The molecule has 2 aromatic rings. The SMILES string of the molecule is Cc1cc(C=O)ccc1C=C(CNC(=O)OCc1ccccc1)B1OC(C)(C)C(C)(C)O1. The molecular formula is C25H30BNO5. The van der Waals surface area contributed by atoms with Crippen molar-refractivity contribution in [3.05, 3.63) is 76.3 Å². The topological polar surface area (TPSA) is 73.9 Å². The zero-order valence-corrected chi connectivity index (χ0v) is 19.3. The monoisotopic (exact) mass is 435 g/mol. The lowest BCUT2D eigenvalue weighted by molar-refractivity contribution is 0.00578. The Morgan fingerprint density at radius 3 is 2.31 bits per heavy atom. The van der Waals surface area contributed by atoms with E-state index in [1.807, 2.05) is 83.2 Å². The molecule has 0 bridgehead atoms. The molecule has 32 heavy (non-hydrogen) atoms. The van der Waals surface area contributed by atoms with E-state index in [9.17, 15) is 9.59 Å². The molecule has 6 nitrogen and oxygen atoms in total. The van der Waals surface area contributed by atoms with Crippen molar-refractivity contribution in [2.24, 2.45) is 0 Å². The third-order valence-corrected chi connectivity index (χ3v) is 5.98. The van der Waals surface area contributed by atoms with E-state index >= 15 is 0 Å². The van der Waals surface area contributed by atoms with Crippen molar-refractivity contribution in [2.75, 3.05) is 6.54 Å². The van der Waals surface area contributed by atoms with E-state index in [-0.39, 0.29) is 13.2 Å². The van der Waals surface area contributed by atoms with Crippen LogP contribution in [0.3, 0.4) is 0 Å². The quantitative estimate of drug-likeness (QED) is 0.502. The average Bonchev–Trinajstić information content (AvgIpc) is 2.98. The molecule has 1 aliphatic rings. The second kappa shape index (κ2) is 9.71. The first-order valence-corrected chi connectivity index (χ1v) is 10.7. The number of alkyl carbamates (subject to hydrolysis) is 1. The number of hydrogen-bond donors (Lipinski definition) is 1. The Hall–Kier alpha value is -2.90. The van der Waals surface area contributed by atoms with Crippen LogP contribution in [0, 0.1) is 6.92 Å². The number of amides is 1. The van der Waals surface area contributed by atoms with Crippen molar-refractivity contribution in [3.8, 4) is 0 Å². The molecule has 1 N–H and O–H groups in total. The molecule has 0 atom stereocenters. The average molecular weight is 435 g/mol. The van der Waals surface area contributed by atoms with Gasteiger partial charge >= 0.3 is 13.2 Å². The summed E-state index contributed by atoms with van der Waals surface area (Å²) in [6.07, 6.45) is 2.23. The lowest BCUT2D eigenvalue weighted by atomic mass is 9.76. The number of carbonyl (C=O) groups is 2. The zero-order valence-electron chi connectivity index (χ0n) is 19.3. The molecule has 0 unspecified atom stereocenters. The Kier molecular flexibility index (Phi) is 7.21. The molecular weight excluding hydrogens is 405 g/mol. The van der Waals surface area contributed by atoms with Crippen molar-refractivity contribution in [1.29, 1.82) is 0 Å². The normalized spacial score (nSPS) is 17.2. The van der Waals surface area contributed by atoms with E-state index in [4.69, 9.17) is 14.0 Å². The molecule has 0 radical (unpaired) electrons. The van der Waals surface area contributed by atoms with Gasteiger partial charge in [-0.25, -0.2) is 4.79 Å². The zero-order chi connectivity index (χ0) is 23.4. The third-order valence-electron chi connectivity index (χ3n) is 5.98. The van der Waals surface area contributed by atoms with Crippen LogP contribution < -0.4 is 5.32 Å². The maximum Gasteiger partial charge on any atom is 0.492 e. The number of carbonyl (C=O) groups excluding carboxylic acids is 2. The molecule has 1 aliphatic heterocycles. The highest BCUT2D eigenvalue weighted by Crippen LogP contribution is 2.38. The van der Waals surface area contributed by atoms with Gasteiger partial charge in [-0.2, -0.15) is 0 Å². The number of aldehydes is 1. The Labute approximate surface area is 190 Å². The summed E-state index contributed by atoms with van der Waals surface area (Å²) in [6.45, 7) is 10.2. The van der Waals surface area contributed by atoms with Crippen LogP contribution in [0.2, 0.25) is 0 Å². The maximum atomic E-state index is 12.3. The molecule has 0 aromatic heterocycles. The Morgan fingerprint density at radius 1 is 1.06 bits per heavy atom. The van der Waals surface area contributed by atoms with Crippen molar-refractivity contribution in [1.82, 2.24) is 5.32 Å². The van der Waals surface area contributed by atoms with E-state index < -0.39 is 24.4 Å². The van der Waals surface area contributed by atoms with Crippen LogP contribution in [-0.2, 0) is 20.7 Å². The first kappa shape index (κ1) is 23.8. The van der Waals surface area contributed by atoms with Gasteiger partial charge in [0.2, 0.25) is 0 Å². The highest BCUT2D eigenvalue weighted by atomic mass is 16.7. The summed E-state index contributed by atoms with van der Waals surface area (Å²) in [7, 11) is -0.625. The maximum absolute atomic E-state index is 12.3. The van der Waals surface area contributed by atoms with Gasteiger partial charge < -0.3 is 19.4 Å². The van der Waals surface area contributed by atoms with Crippen LogP contribution in [0.4, 0.5) is 4.79 Å². The largest absolute Gasteiger partial charge is 0.492 e. The first-order valence-electron chi connectivity index (χ1n) is 10.7. The summed E-state index contributed by atoms with van der Waals surface area (Å²) >= 11 is 0. The Morgan fingerprint density at radius 2 is 1.72 bits per heavy atom. The molecule has 0 saturated carbocycles. The number of ether oxygens (including phenoxy) is 1. The highest BCUT2D eigenvalue weighted by molar-refractivity contribution is 6.56. The van der Waals surface area contributed by atoms with Crippen LogP contribution in [0.25, 0.3) is 6.08 Å². The summed E-state index contributed by atoms with van der Waals surface area (Å²) in [5.41, 5.74) is 3.11. The number of hydrogen-bond acceptors (Lipinski definition) is 5. The lowest BCUT2D eigenvalue weighted by Gasteiger charge is -2.32. The van der Waals surface area contributed by atoms with Gasteiger partial charge in [0.15, 0.2) is 0 Å². The van der Waals surface area contributed by atoms with Crippen molar-refractivity contribution in [3.63, 3.8) is 0 Å². The van der Waals surface area contributed by atoms with Gasteiger partial charge in [-0.15, -0.1) is 0 Å². The van der Waals surface area contributed by atoms with E-state index in [2.05, 4.69) is 5.32 Å². The first-order chi connectivity index (χ1) is 15.1. The number of nitrogens with one attached hydrogen (secondary N) is 1. The molecule has 1 amide bonds. The van der Waals surface area contributed by atoms with E-state index in [0.29, 0.717) is 5.56 Å².